The van der Waals surface area contributed by atoms with Crippen molar-refractivity contribution in [1.82, 2.24) is 4.98 Å². The van der Waals surface area contributed by atoms with Gasteiger partial charge in [0, 0.05) is 28.7 Å². The molecule has 0 saturated heterocycles. The maximum atomic E-state index is 13.8. The summed E-state index contributed by atoms with van der Waals surface area (Å²) in [6.45, 7) is 2.05. The van der Waals surface area contributed by atoms with Crippen LogP contribution in [0.5, 0.6) is 0 Å². The Balaban J connectivity index is 0.00000289. The molecule has 1 aliphatic rings. The second kappa shape index (κ2) is 9.26. The molecule has 172 valence electrons. The van der Waals surface area contributed by atoms with E-state index in [2.05, 4.69) is 4.98 Å². The molecule has 0 bridgehead atoms. The van der Waals surface area contributed by atoms with Crippen LogP contribution < -0.4 is 39.6 Å². The van der Waals surface area contributed by atoms with Crippen LogP contribution in [0.15, 0.2) is 60.7 Å². The number of carboxylic acid groups (broad SMARTS) is 1. The molecule has 0 fully saturated rings. The first kappa shape index (κ1) is 25.2. The molecule has 35 heavy (non-hydrogen) atoms. The molecular weight excluding hydrogens is 471 g/mol. The van der Waals surface area contributed by atoms with E-state index >= 15 is 0 Å². The second-order valence-corrected chi connectivity index (χ2v) is 8.17. The minimum Gasteiger partial charge on any atom is -0.545 e. The first-order chi connectivity index (χ1) is 16.1. The van der Waals surface area contributed by atoms with Gasteiger partial charge in [0.2, 0.25) is 0 Å². The minimum absolute atomic E-state index is 0. The van der Waals surface area contributed by atoms with Crippen LogP contribution in [0.25, 0.3) is 22.0 Å². The van der Waals surface area contributed by atoms with Crippen molar-refractivity contribution in [2.24, 2.45) is 0 Å². The van der Waals surface area contributed by atoms with Gasteiger partial charge in [0.15, 0.2) is 0 Å². The molecule has 0 atom stereocenters. The molecule has 0 radical (unpaired) electrons. The number of hydrogen-bond acceptors (Lipinski definition) is 4. The summed E-state index contributed by atoms with van der Waals surface area (Å²) in [5, 5.41) is 12.1. The molecule has 4 aromatic rings. The molecule has 0 amide bonds. The molecule has 1 aliphatic heterocycles. The number of pyridine rings is 1. The number of carbonyl (C=O) groups is 1. The smallest absolute Gasteiger partial charge is 0.545 e. The van der Waals surface area contributed by atoms with E-state index in [1.165, 1.54) is 18.2 Å². The number of rotatable bonds is 3. The summed E-state index contributed by atoms with van der Waals surface area (Å²) in [5.41, 5.74) is 2.47. The van der Waals surface area contributed by atoms with Crippen LogP contribution in [0.4, 0.5) is 29.1 Å². The summed E-state index contributed by atoms with van der Waals surface area (Å²) in [7, 11) is 0. The van der Waals surface area contributed by atoms with Gasteiger partial charge in [-0.15, -0.1) is 0 Å². The largest absolute Gasteiger partial charge is 1.00 e. The number of fused-ring (bicyclic) bond motifs is 2. The molecule has 3 aromatic carbocycles. The van der Waals surface area contributed by atoms with Crippen LogP contribution in [0.2, 0.25) is 0 Å². The monoisotopic (exact) mass is 488 g/mol. The summed E-state index contributed by atoms with van der Waals surface area (Å²) in [6, 6.07) is 14.3. The van der Waals surface area contributed by atoms with E-state index in [4.69, 9.17) is 0 Å². The number of aromatic carboxylic acids is 1. The fourth-order valence-corrected chi connectivity index (χ4v) is 4.63. The number of halogens is 4. The van der Waals surface area contributed by atoms with Gasteiger partial charge in [0.1, 0.15) is 11.6 Å². The topological polar surface area (TPSA) is 56.3 Å². The molecule has 0 saturated carbocycles. The first-order valence-electron chi connectivity index (χ1n) is 10.5. The van der Waals surface area contributed by atoms with Crippen molar-refractivity contribution < 1.29 is 57.0 Å². The zero-order valence-corrected chi connectivity index (χ0v) is 20.9. The fourth-order valence-electron chi connectivity index (χ4n) is 4.63. The Bertz CT molecular complexity index is 1470. The number of benzene rings is 3. The summed E-state index contributed by atoms with van der Waals surface area (Å²) in [4.78, 5) is 18.4. The van der Waals surface area contributed by atoms with Gasteiger partial charge in [-0.1, -0.05) is 24.3 Å². The van der Waals surface area contributed by atoms with Crippen LogP contribution >= 0.6 is 0 Å². The Hall–Kier alpha value is -2.94. The average molecular weight is 488 g/mol. The van der Waals surface area contributed by atoms with Crippen molar-refractivity contribution in [3.63, 3.8) is 0 Å². The van der Waals surface area contributed by atoms with Crippen molar-refractivity contribution in [2.45, 2.75) is 19.5 Å². The van der Waals surface area contributed by atoms with Gasteiger partial charge >= 0.3 is 35.7 Å². The molecule has 0 spiro atoms. The Morgan fingerprint density at radius 2 is 1.80 bits per heavy atom. The molecule has 1 aromatic heterocycles. The Kier molecular flexibility index (Phi) is 6.66. The van der Waals surface area contributed by atoms with Crippen LogP contribution in [-0.4, -0.2) is 17.5 Å². The summed E-state index contributed by atoms with van der Waals surface area (Å²) < 4.78 is 53.5. The Morgan fingerprint density at radius 3 is 2.51 bits per heavy atom. The number of alkyl halides is 3. The average Bonchev–Trinajstić information content (AvgIpc) is 3.22. The SMILES string of the molecule is Cc1c(N2CCc3c(-c4cccc(C(F)(F)F)c4)cccc32)nc2ccc(F)cc2c1C(=O)[O-].[Na+]. The second-order valence-electron chi connectivity index (χ2n) is 8.17. The van der Waals surface area contributed by atoms with E-state index in [0.717, 1.165) is 29.4 Å². The molecule has 4 nitrogen and oxygen atoms in total. The van der Waals surface area contributed by atoms with Crippen molar-refractivity contribution in [3.05, 3.63) is 88.7 Å². The molecule has 0 unspecified atom stereocenters. The van der Waals surface area contributed by atoms with E-state index in [9.17, 15) is 27.5 Å². The molecule has 0 aliphatic carbocycles. The fraction of sp³-hybridized carbons (Fsp3) is 0.154. The quantitative estimate of drug-likeness (QED) is 0.329. The number of carboxylic acids is 1. The summed E-state index contributed by atoms with van der Waals surface area (Å²) in [5.74, 6) is -1.63. The number of hydrogen-bond donors (Lipinski definition) is 0. The van der Waals surface area contributed by atoms with Gasteiger partial charge in [-0.25, -0.2) is 9.37 Å². The summed E-state index contributed by atoms with van der Waals surface area (Å²) in [6.07, 6.45) is -3.92. The third-order valence-electron chi connectivity index (χ3n) is 6.15. The zero-order valence-electron chi connectivity index (χ0n) is 18.9. The van der Waals surface area contributed by atoms with Gasteiger partial charge < -0.3 is 14.8 Å². The first-order valence-corrected chi connectivity index (χ1v) is 10.5. The molecule has 0 N–H and O–H groups in total. The predicted octanol–water partition coefficient (Wildman–Crippen LogP) is 2.43. The number of nitrogens with zero attached hydrogens (tertiary/aromatic N) is 2. The third-order valence-corrected chi connectivity index (χ3v) is 6.15. The number of carbonyl (C=O) groups excluding carboxylic acids is 1. The van der Waals surface area contributed by atoms with Crippen molar-refractivity contribution in [3.8, 4) is 11.1 Å². The van der Waals surface area contributed by atoms with Crippen LogP contribution in [0, 0.1) is 12.7 Å². The van der Waals surface area contributed by atoms with Gasteiger partial charge in [0.25, 0.3) is 0 Å². The van der Waals surface area contributed by atoms with Crippen LogP contribution in [0.1, 0.15) is 27.0 Å². The van der Waals surface area contributed by atoms with E-state index in [1.54, 1.807) is 25.1 Å². The predicted molar refractivity (Wildman–Crippen MR) is 118 cm³/mol. The maximum Gasteiger partial charge on any atom is 1.00 e. The van der Waals surface area contributed by atoms with Crippen LogP contribution in [0.3, 0.4) is 0 Å². The van der Waals surface area contributed by atoms with E-state index in [-0.39, 0.29) is 40.5 Å². The van der Waals surface area contributed by atoms with Gasteiger partial charge in [-0.2, -0.15) is 13.2 Å². The Morgan fingerprint density at radius 1 is 1.06 bits per heavy atom. The van der Waals surface area contributed by atoms with E-state index in [1.807, 2.05) is 11.0 Å². The third kappa shape index (κ3) is 4.42. The van der Waals surface area contributed by atoms with Gasteiger partial charge in [0.05, 0.1) is 17.0 Å². The molecule has 5 rings (SSSR count). The van der Waals surface area contributed by atoms with Gasteiger partial charge in [-0.05, 0) is 66.4 Å². The zero-order chi connectivity index (χ0) is 24.2. The maximum absolute atomic E-state index is 13.8. The Labute approximate surface area is 220 Å². The van der Waals surface area contributed by atoms with Crippen molar-refractivity contribution in [2.75, 3.05) is 11.4 Å². The van der Waals surface area contributed by atoms with E-state index in [0.29, 0.717) is 41.0 Å². The molecule has 9 heteroatoms. The number of anilines is 2. The number of aromatic nitrogens is 1. The standard InChI is InChI=1S/C26H18F4N2O2.Na/c1-14-23(25(33)34)20-13-17(27)8-9-21(20)31-24(14)32-11-10-19-18(6-3-7-22(19)32)15-4-2-5-16(12-15)26(28,29)30;/h2-9,12-13H,10-11H2,1H3,(H,33,34);/q;+1/p-1. The molecular formula is C26H17F4N2NaO2. The minimum atomic E-state index is -4.45. The van der Waals surface area contributed by atoms with Crippen molar-refractivity contribution in [1.29, 1.82) is 0 Å². The van der Waals surface area contributed by atoms with Crippen molar-refractivity contribution >= 4 is 28.4 Å². The van der Waals surface area contributed by atoms with Gasteiger partial charge in [-0.3, -0.25) is 0 Å². The molecule has 2 heterocycles. The van der Waals surface area contributed by atoms with E-state index < -0.39 is 23.5 Å². The summed E-state index contributed by atoms with van der Waals surface area (Å²) >= 11 is 0. The van der Waals surface area contributed by atoms with Crippen LogP contribution in [-0.2, 0) is 12.6 Å². The normalized spacial score (nSPS) is 13.0.